The Morgan fingerprint density at radius 2 is 2.11 bits per heavy atom. The van der Waals surface area contributed by atoms with Crippen molar-refractivity contribution in [1.29, 1.82) is 0 Å². The van der Waals surface area contributed by atoms with E-state index >= 15 is 0 Å². The normalized spacial score (nSPS) is 12.8. The van der Waals surface area contributed by atoms with Crippen LogP contribution in [-0.4, -0.2) is 21.4 Å². The molecule has 4 nitrogen and oxygen atoms in total. The Balaban J connectivity index is 2.22. The molecule has 0 aliphatic heterocycles. The quantitative estimate of drug-likeness (QED) is 0.865. The first-order chi connectivity index (χ1) is 9.15. The molecule has 4 heteroatoms. The lowest BCUT2D eigenvalue weighted by Crippen LogP contribution is -2.24. The number of carbonyl (C=O) groups is 1. The van der Waals surface area contributed by atoms with Gasteiger partial charge in [-0.3, -0.25) is 4.79 Å². The summed E-state index contributed by atoms with van der Waals surface area (Å²) >= 11 is 0. The predicted octanol–water partition coefficient (Wildman–Crippen LogP) is 2.30. The standard InChI is InChI=1S/C15H21N3O/c1-3-11(16)9-12(19)10-15-17-13-7-5-6-8-14(13)18(15)4-2/h5-8,11H,3-4,9-10,16H2,1-2H3. The van der Waals surface area contributed by atoms with Gasteiger partial charge in [-0.2, -0.15) is 0 Å². The molecular formula is C15H21N3O. The number of nitrogens with zero attached hydrogens (tertiary/aromatic N) is 2. The summed E-state index contributed by atoms with van der Waals surface area (Å²) in [5, 5.41) is 0. The average Bonchev–Trinajstić information content (AvgIpc) is 2.75. The van der Waals surface area contributed by atoms with Crippen LogP contribution in [0.5, 0.6) is 0 Å². The highest BCUT2D eigenvalue weighted by Crippen LogP contribution is 2.16. The number of imidazole rings is 1. The van der Waals surface area contributed by atoms with Crippen molar-refractivity contribution in [2.75, 3.05) is 0 Å². The van der Waals surface area contributed by atoms with Gasteiger partial charge >= 0.3 is 0 Å². The molecule has 1 heterocycles. The van der Waals surface area contributed by atoms with Gasteiger partial charge in [0.1, 0.15) is 11.6 Å². The molecular weight excluding hydrogens is 238 g/mol. The van der Waals surface area contributed by atoms with Crippen LogP contribution in [0.25, 0.3) is 11.0 Å². The zero-order valence-corrected chi connectivity index (χ0v) is 11.6. The number of ketones is 1. The molecule has 0 aliphatic rings. The van der Waals surface area contributed by atoms with E-state index in [0.717, 1.165) is 29.8 Å². The fraction of sp³-hybridized carbons (Fsp3) is 0.467. The number of hydrogen-bond acceptors (Lipinski definition) is 3. The van der Waals surface area contributed by atoms with E-state index in [4.69, 9.17) is 5.73 Å². The predicted molar refractivity (Wildman–Crippen MR) is 77.0 cm³/mol. The van der Waals surface area contributed by atoms with Crippen LogP contribution in [-0.2, 0) is 17.8 Å². The molecule has 1 aromatic carbocycles. The van der Waals surface area contributed by atoms with Crippen molar-refractivity contribution < 1.29 is 4.79 Å². The van der Waals surface area contributed by atoms with Crippen LogP contribution in [0, 0.1) is 0 Å². The molecule has 0 aliphatic carbocycles. The second-order valence-corrected chi connectivity index (χ2v) is 4.85. The summed E-state index contributed by atoms with van der Waals surface area (Å²) in [6.45, 7) is 4.89. The molecule has 0 bridgehead atoms. The number of carbonyl (C=O) groups excluding carboxylic acids is 1. The Morgan fingerprint density at radius 3 is 2.79 bits per heavy atom. The molecule has 2 rings (SSSR count). The zero-order valence-electron chi connectivity index (χ0n) is 11.6. The number of hydrogen-bond donors (Lipinski definition) is 1. The number of aromatic nitrogens is 2. The maximum absolute atomic E-state index is 12.0. The van der Waals surface area contributed by atoms with Gasteiger partial charge in [-0.1, -0.05) is 19.1 Å². The summed E-state index contributed by atoms with van der Waals surface area (Å²) in [5.74, 6) is 1.01. The van der Waals surface area contributed by atoms with E-state index in [1.54, 1.807) is 0 Å². The van der Waals surface area contributed by atoms with Gasteiger partial charge in [0.2, 0.25) is 0 Å². The third kappa shape index (κ3) is 3.01. The van der Waals surface area contributed by atoms with Crippen molar-refractivity contribution in [3.63, 3.8) is 0 Å². The Hall–Kier alpha value is -1.68. The summed E-state index contributed by atoms with van der Waals surface area (Å²) in [6.07, 6.45) is 1.63. The fourth-order valence-electron chi connectivity index (χ4n) is 2.30. The first-order valence-electron chi connectivity index (χ1n) is 6.87. The maximum atomic E-state index is 12.0. The second kappa shape index (κ2) is 5.97. The minimum absolute atomic E-state index is 0.0352. The third-order valence-electron chi connectivity index (χ3n) is 3.42. The molecule has 2 N–H and O–H groups in total. The van der Waals surface area contributed by atoms with Crippen LogP contribution in [0.15, 0.2) is 24.3 Å². The van der Waals surface area contributed by atoms with Crippen LogP contribution in [0.3, 0.4) is 0 Å². The summed E-state index contributed by atoms with van der Waals surface area (Å²) < 4.78 is 2.10. The molecule has 1 atom stereocenters. The molecule has 0 fully saturated rings. The van der Waals surface area contributed by atoms with Gasteiger partial charge in [-0.05, 0) is 25.5 Å². The van der Waals surface area contributed by atoms with Crippen LogP contribution >= 0.6 is 0 Å². The highest BCUT2D eigenvalue weighted by Gasteiger charge is 2.14. The number of para-hydroxylation sites is 2. The van der Waals surface area contributed by atoms with Crippen molar-refractivity contribution in [2.24, 2.45) is 5.73 Å². The van der Waals surface area contributed by atoms with Crippen LogP contribution in [0.2, 0.25) is 0 Å². The lowest BCUT2D eigenvalue weighted by molar-refractivity contribution is -0.118. The van der Waals surface area contributed by atoms with Gasteiger partial charge in [-0.25, -0.2) is 4.98 Å². The lowest BCUT2D eigenvalue weighted by Gasteiger charge is -2.08. The van der Waals surface area contributed by atoms with Crippen molar-refractivity contribution in [3.8, 4) is 0 Å². The number of benzene rings is 1. The summed E-state index contributed by atoms with van der Waals surface area (Å²) in [4.78, 5) is 16.6. The van der Waals surface area contributed by atoms with Gasteiger partial charge in [0, 0.05) is 19.0 Å². The van der Waals surface area contributed by atoms with Crippen molar-refractivity contribution >= 4 is 16.8 Å². The minimum atomic E-state index is -0.0352. The number of rotatable bonds is 6. The summed E-state index contributed by atoms with van der Waals surface area (Å²) in [6, 6.07) is 7.94. The topological polar surface area (TPSA) is 60.9 Å². The minimum Gasteiger partial charge on any atom is -0.328 e. The molecule has 0 spiro atoms. The first kappa shape index (κ1) is 13.7. The van der Waals surface area contributed by atoms with Gasteiger partial charge in [0.05, 0.1) is 17.5 Å². The van der Waals surface area contributed by atoms with Crippen LogP contribution < -0.4 is 5.73 Å². The van der Waals surface area contributed by atoms with Crippen molar-refractivity contribution in [2.45, 2.75) is 45.7 Å². The molecule has 0 radical (unpaired) electrons. The molecule has 102 valence electrons. The van der Waals surface area contributed by atoms with E-state index in [-0.39, 0.29) is 11.8 Å². The maximum Gasteiger partial charge on any atom is 0.141 e. The van der Waals surface area contributed by atoms with E-state index in [2.05, 4.69) is 16.5 Å². The summed E-state index contributed by atoms with van der Waals surface area (Å²) in [5.41, 5.74) is 7.87. The Morgan fingerprint density at radius 1 is 1.37 bits per heavy atom. The SMILES string of the molecule is CCC(N)CC(=O)Cc1nc2ccccc2n1CC. The zero-order chi connectivity index (χ0) is 13.8. The monoisotopic (exact) mass is 259 g/mol. The van der Waals surface area contributed by atoms with Crippen LogP contribution in [0.4, 0.5) is 0 Å². The van der Waals surface area contributed by atoms with Crippen molar-refractivity contribution in [3.05, 3.63) is 30.1 Å². The molecule has 0 amide bonds. The van der Waals surface area contributed by atoms with Gasteiger partial charge in [0.25, 0.3) is 0 Å². The first-order valence-corrected chi connectivity index (χ1v) is 6.87. The highest BCUT2D eigenvalue weighted by atomic mass is 16.1. The molecule has 1 unspecified atom stereocenters. The summed E-state index contributed by atoms with van der Waals surface area (Å²) in [7, 11) is 0. The van der Waals surface area contributed by atoms with Gasteiger partial charge in [0.15, 0.2) is 0 Å². The fourth-order valence-corrected chi connectivity index (χ4v) is 2.30. The van der Waals surface area contributed by atoms with E-state index in [1.807, 2.05) is 31.2 Å². The largest absolute Gasteiger partial charge is 0.328 e. The molecule has 1 aromatic heterocycles. The molecule has 2 aromatic rings. The number of nitrogens with two attached hydrogens (primary N) is 1. The number of fused-ring (bicyclic) bond motifs is 1. The lowest BCUT2D eigenvalue weighted by atomic mass is 10.1. The molecule has 0 saturated heterocycles. The van der Waals surface area contributed by atoms with E-state index in [1.165, 1.54) is 0 Å². The van der Waals surface area contributed by atoms with Gasteiger partial charge < -0.3 is 10.3 Å². The number of aryl methyl sites for hydroxylation is 1. The number of Topliss-reactive ketones (excluding diaryl/α,β-unsaturated/α-hetero) is 1. The molecule has 19 heavy (non-hydrogen) atoms. The highest BCUT2D eigenvalue weighted by molar-refractivity contribution is 5.83. The van der Waals surface area contributed by atoms with Gasteiger partial charge in [-0.15, -0.1) is 0 Å². The van der Waals surface area contributed by atoms with Crippen LogP contribution in [0.1, 0.15) is 32.5 Å². The smallest absolute Gasteiger partial charge is 0.141 e. The Kier molecular flexibility index (Phi) is 4.32. The third-order valence-corrected chi connectivity index (χ3v) is 3.42. The molecule has 0 saturated carbocycles. The van der Waals surface area contributed by atoms with E-state index in [9.17, 15) is 4.79 Å². The second-order valence-electron chi connectivity index (χ2n) is 4.85. The average molecular weight is 259 g/mol. The van der Waals surface area contributed by atoms with E-state index < -0.39 is 0 Å². The Labute approximate surface area is 113 Å². The Bertz CT molecular complexity index is 574. The van der Waals surface area contributed by atoms with Crippen molar-refractivity contribution in [1.82, 2.24) is 9.55 Å². The van der Waals surface area contributed by atoms with E-state index in [0.29, 0.717) is 12.8 Å².